The van der Waals surface area contributed by atoms with Gasteiger partial charge >= 0.3 is 0 Å². The van der Waals surface area contributed by atoms with E-state index in [-0.39, 0.29) is 6.10 Å². The van der Waals surface area contributed by atoms with Crippen LogP contribution in [0.3, 0.4) is 0 Å². The number of carboxylic acid groups (broad SMARTS) is 1. The first kappa shape index (κ1) is 28.4. The van der Waals surface area contributed by atoms with E-state index >= 15 is 0 Å². The average Bonchev–Trinajstić information content (AvgIpc) is 3.50. The van der Waals surface area contributed by atoms with E-state index in [1.807, 2.05) is 18.2 Å². The molecule has 3 aromatic carbocycles. The van der Waals surface area contributed by atoms with Gasteiger partial charge in [-0.25, -0.2) is 4.39 Å². The van der Waals surface area contributed by atoms with Gasteiger partial charge in [0.25, 0.3) is 0 Å². The van der Waals surface area contributed by atoms with Crippen LogP contribution in [-0.4, -0.2) is 27.0 Å². The lowest BCUT2D eigenvalue weighted by atomic mass is 9.90. The molecule has 8 heteroatoms. The summed E-state index contributed by atoms with van der Waals surface area (Å²) in [5.74, 6) is 0.131. The fourth-order valence-electron chi connectivity index (χ4n) is 5.85. The van der Waals surface area contributed by atoms with Crippen molar-refractivity contribution in [1.29, 1.82) is 0 Å². The number of ether oxygens (including phenoxy) is 4. The molecule has 0 radical (unpaired) electrons. The Bertz CT molecular complexity index is 1720. The molecule has 220 valence electrons. The summed E-state index contributed by atoms with van der Waals surface area (Å²) in [5, 5.41) is 10.7. The fourth-order valence-corrected chi connectivity index (χ4v) is 5.85. The summed E-state index contributed by atoms with van der Waals surface area (Å²) in [6.45, 7) is 2.73. The summed E-state index contributed by atoms with van der Waals surface area (Å²) in [6, 6.07) is 20.1. The normalized spacial score (nSPS) is 16.5. The number of hydrogen-bond donors (Lipinski definition) is 0. The van der Waals surface area contributed by atoms with Crippen LogP contribution >= 0.6 is 0 Å². The second-order valence-corrected chi connectivity index (χ2v) is 10.7. The van der Waals surface area contributed by atoms with Gasteiger partial charge < -0.3 is 28.8 Å². The van der Waals surface area contributed by atoms with Crippen LogP contribution in [0.5, 0.6) is 11.5 Å². The number of rotatable bonds is 5. The molecule has 1 aliphatic carbocycles. The molecule has 43 heavy (non-hydrogen) atoms. The third-order valence-corrected chi connectivity index (χ3v) is 8.25. The van der Waals surface area contributed by atoms with Crippen LogP contribution in [0, 0.1) is 5.82 Å². The van der Waals surface area contributed by atoms with Gasteiger partial charge in [0.05, 0.1) is 18.2 Å². The highest BCUT2D eigenvalue weighted by atomic mass is 19.1. The predicted octanol–water partition coefficient (Wildman–Crippen LogP) is 5.05. The predicted molar refractivity (Wildman–Crippen MR) is 156 cm³/mol. The maximum Gasteiger partial charge on any atom is 0.231 e. The van der Waals surface area contributed by atoms with Crippen LogP contribution in [0.15, 0.2) is 84.8 Å². The molecular formula is C35H32FNO6. The zero-order valence-corrected chi connectivity index (χ0v) is 24.3. The van der Waals surface area contributed by atoms with Gasteiger partial charge in [-0.05, 0) is 52.9 Å². The van der Waals surface area contributed by atoms with Gasteiger partial charge in [-0.3, -0.25) is 0 Å². The minimum Gasteiger partial charge on any atom is -0.550 e. The van der Waals surface area contributed by atoms with Crippen LogP contribution in [0.2, 0.25) is 0 Å². The quantitative estimate of drug-likeness (QED) is 0.307. The Kier molecular flexibility index (Phi) is 7.86. The van der Waals surface area contributed by atoms with Crippen LogP contribution in [0.1, 0.15) is 41.2 Å². The lowest BCUT2D eigenvalue weighted by Gasteiger charge is -2.25. The molecule has 2 unspecified atom stereocenters. The molecule has 3 heterocycles. The number of fused-ring (bicyclic) bond motifs is 5. The number of carbonyl (C=O) groups excluding carboxylic acids is 1. The van der Waals surface area contributed by atoms with Crippen molar-refractivity contribution in [2.24, 2.45) is 0 Å². The maximum atomic E-state index is 13.9. The van der Waals surface area contributed by atoms with E-state index in [0.717, 1.165) is 42.2 Å². The number of allylic oxidation sites excluding steroid dienone is 1. The monoisotopic (exact) mass is 581 g/mol. The number of nitrogens with zero attached hydrogens (tertiary/aromatic N) is 1. The van der Waals surface area contributed by atoms with E-state index in [4.69, 9.17) is 18.9 Å². The Morgan fingerprint density at radius 1 is 1.00 bits per heavy atom. The Hall–Kier alpha value is -4.69. The smallest absolute Gasteiger partial charge is 0.231 e. The minimum atomic E-state index is -1.21. The topological polar surface area (TPSA) is 80.9 Å². The van der Waals surface area contributed by atoms with Crippen molar-refractivity contribution in [3.05, 3.63) is 113 Å². The van der Waals surface area contributed by atoms with E-state index in [0.29, 0.717) is 17.9 Å². The van der Waals surface area contributed by atoms with E-state index in [1.165, 1.54) is 40.9 Å². The number of carboxylic acids is 1. The van der Waals surface area contributed by atoms with Crippen LogP contribution < -0.4 is 19.1 Å². The zero-order valence-electron chi connectivity index (χ0n) is 24.3. The number of carbonyl (C=O) groups is 1. The number of pyridine rings is 1. The highest BCUT2D eigenvalue weighted by Crippen LogP contribution is 2.41. The third kappa shape index (κ3) is 5.46. The number of aromatic nitrogens is 1. The van der Waals surface area contributed by atoms with E-state index < -0.39 is 17.7 Å². The fraction of sp³-hybridized carbons (Fsp3) is 0.257. The molecular weight excluding hydrogens is 549 g/mol. The van der Waals surface area contributed by atoms with Gasteiger partial charge in [-0.1, -0.05) is 49.4 Å². The minimum absolute atomic E-state index is 0.135. The number of hydrogen-bond acceptors (Lipinski definition) is 6. The van der Waals surface area contributed by atoms with Gasteiger partial charge in [0.1, 0.15) is 17.7 Å². The van der Waals surface area contributed by atoms with Crippen molar-refractivity contribution in [3.8, 4) is 33.9 Å². The van der Waals surface area contributed by atoms with Crippen molar-refractivity contribution in [1.82, 2.24) is 0 Å². The average molecular weight is 582 g/mol. The molecule has 0 N–H and O–H groups in total. The van der Waals surface area contributed by atoms with Crippen molar-refractivity contribution in [2.45, 2.75) is 38.3 Å². The summed E-state index contributed by atoms with van der Waals surface area (Å²) in [4.78, 5) is 10.7. The Morgan fingerprint density at radius 3 is 2.47 bits per heavy atom. The summed E-state index contributed by atoms with van der Waals surface area (Å²) >= 11 is 0. The van der Waals surface area contributed by atoms with Crippen LogP contribution in [0.4, 0.5) is 4.39 Å². The summed E-state index contributed by atoms with van der Waals surface area (Å²) in [7, 11) is 3.43. The Labute approximate surface area is 249 Å². The number of benzene rings is 3. The zero-order chi connectivity index (χ0) is 30.1. The third-order valence-electron chi connectivity index (χ3n) is 8.25. The SMILES string of the molecule is CC(C(=O)[O-])c1ccc(-c2ccccc2)c(F)c1.COC1=CCc2cc3[n+](cc2C1OC)CCc1cc2c(cc1-3)OCO2. The molecule has 7 nitrogen and oxygen atoms in total. The van der Waals surface area contributed by atoms with E-state index in [2.05, 4.69) is 35.0 Å². The number of methoxy groups -OCH3 is 2. The van der Waals surface area contributed by atoms with Gasteiger partial charge in [0.15, 0.2) is 24.2 Å². The molecule has 7 rings (SSSR count). The molecule has 0 saturated carbocycles. The standard InChI is InChI=1S/C20H20NO4.C15H13FO2/c1-22-17-4-3-12-7-16-14-9-19-18(24-11-25-19)8-13(14)5-6-21(16)10-15(12)20(17)23-2;1-10(15(17)18)12-7-8-13(14(16)9-12)11-5-3-2-4-6-11/h4,7-10,20H,3,5-6,11H2,1-2H3;2-10H,1H3,(H,17,18)/q+1;/p-1. The number of aryl methyl sites for hydroxylation is 2. The largest absolute Gasteiger partial charge is 0.550 e. The number of aliphatic carboxylic acids is 1. The first-order valence-corrected chi connectivity index (χ1v) is 14.2. The second-order valence-electron chi connectivity index (χ2n) is 10.7. The lowest BCUT2D eigenvalue weighted by Crippen LogP contribution is -2.41. The van der Waals surface area contributed by atoms with Crippen molar-refractivity contribution in [3.63, 3.8) is 0 Å². The van der Waals surface area contributed by atoms with Gasteiger partial charge in [0.2, 0.25) is 12.5 Å². The summed E-state index contributed by atoms with van der Waals surface area (Å²) in [5.41, 5.74) is 7.88. The second kappa shape index (κ2) is 11.9. The van der Waals surface area contributed by atoms with Crippen LogP contribution in [-0.2, 0) is 33.7 Å². The molecule has 1 aromatic heterocycles. The molecule has 0 saturated heterocycles. The van der Waals surface area contributed by atoms with Crippen molar-refractivity contribution < 1.29 is 37.8 Å². The highest BCUT2D eigenvalue weighted by molar-refractivity contribution is 5.74. The molecule has 0 spiro atoms. The highest BCUT2D eigenvalue weighted by Gasteiger charge is 2.33. The molecule has 0 fully saturated rings. The molecule has 0 bridgehead atoms. The first-order valence-electron chi connectivity index (χ1n) is 14.2. The molecule has 4 aromatic rings. The Balaban J connectivity index is 0.000000163. The maximum absolute atomic E-state index is 13.9. The molecule has 3 aliphatic rings. The van der Waals surface area contributed by atoms with E-state index in [9.17, 15) is 14.3 Å². The van der Waals surface area contributed by atoms with Crippen molar-refractivity contribution in [2.75, 3.05) is 21.0 Å². The molecule has 0 amide bonds. The van der Waals surface area contributed by atoms with Crippen LogP contribution in [0.25, 0.3) is 22.4 Å². The first-order chi connectivity index (χ1) is 20.9. The van der Waals surface area contributed by atoms with Gasteiger partial charge in [-0.2, -0.15) is 4.57 Å². The summed E-state index contributed by atoms with van der Waals surface area (Å²) < 4.78 is 38.6. The number of halogens is 1. The van der Waals surface area contributed by atoms with Gasteiger partial charge in [-0.15, -0.1) is 0 Å². The van der Waals surface area contributed by atoms with Gasteiger partial charge in [0, 0.05) is 37.0 Å². The molecule has 2 atom stereocenters. The summed E-state index contributed by atoms with van der Waals surface area (Å²) in [6.07, 6.45) is 6.03. The Morgan fingerprint density at radius 2 is 1.77 bits per heavy atom. The van der Waals surface area contributed by atoms with Crippen molar-refractivity contribution >= 4 is 5.97 Å². The van der Waals surface area contributed by atoms with E-state index in [1.54, 1.807) is 38.5 Å². The lowest BCUT2D eigenvalue weighted by molar-refractivity contribution is -0.688. The molecule has 2 aliphatic heterocycles.